The van der Waals surface area contributed by atoms with Gasteiger partial charge in [-0.05, 0) is 23.5 Å². The Balaban J connectivity index is 1.91. The molecule has 1 aliphatic heterocycles. The van der Waals surface area contributed by atoms with Gasteiger partial charge in [0.2, 0.25) is 0 Å². The van der Waals surface area contributed by atoms with Crippen molar-refractivity contribution in [2.24, 2.45) is 0 Å². The number of rotatable bonds is 3. The predicted octanol–water partition coefficient (Wildman–Crippen LogP) is 4.91. The normalized spacial score (nSPS) is 18.6. The molecule has 0 bridgehead atoms. The first-order valence-corrected chi connectivity index (χ1v) is 10.1. The Labute approximate surface area is 180 Å². The van der Waals surface area contributed by atoms with Crippen molar-refractivity contribution in [2.75, 3.05) is 4.90 Å². The van der Waals surface area contributed by atoms with Gasteiger partial charge in [-0.2, -0.15) is 0 Å². The highest BCUT2D eigenvalue weighted by atomic mass is 16.5. The van der Waals surface area contributed by atoms with Crippen LogP contribution in [0.4, 0.5) is 5.82 Å². The van der Waals surface area contributed by atoms with Gasteiger partial charge in [0.05, 0.1) is 11.6 Å². The molecular weight excluding hydrogens is 392 g/mol. The molecule has 4 rings (SSSR count). The van der Waals surface area contributed by atoms with Gasteiger partial charge in [0, 0.05) is 11.6 Å². The van der Waals surface area contributed by atoms with E-state index in [4.69, 9.17) is 4.52 Å². The summed E-state index contributed by atoms with van der Waals surface area (Å²) in [5.74, 6) is -0.979. The maximum absolute atomic E-state index is 13.1. The van der Waals surface area contributed by atoms with E-state index in [9.17, 15) is 14.7 Å². The standard InChI is InChI=1S/C25H24N2O4/c1-15-14-19(26-31-15)27-21(16-10-12-18(13-11-16)25(2,3)4)20(23(29)24(27)30)22(28)17-8-6-5-7-9-17/h5-14,21,28H,1-4H3. The van der Waals surface area contributed by atoms with Crippen LogP contribution in [0.15, 0.2) is 70.8 Å². The lowest BCUT2D eigenvalue weighted by atomic mass is 9.85. The van der Waals surface area contributed by atoms with Crippen LogP contribution < -0.4 is 4.90 Å². The van der Waals surface area contributed by atoms with Gasteiger partial charge in [0.15, 0.2) is 5.82 Å². The third-order valence-corrected chi connectivity index (χ3v) is 5.45. The molecule has 0 aliphatic carbocycles. The Morgan fingerprint density at radius 2 is 1.68 bits per heavy atom. The molecule has 6 heteroatoms. The summed E-state index contributed by atoms with van der Waals surface area (Å²) in [5, 5.41) is 15.0. The highest BCUT2D eigenvalue weighted by molar-refractivity contribution is 6.51. The highest BCUT2D eigenvalue weighted by Crippen LogP contribution is 2.42. The summed E-state index contributed by atoms with van der Waals surface area (Å²) >= 11 is 0. The second kappa shape index (κ2) is 7.54. The molecule has 3 aromatic rings. The van der Waals surface area contributed by atoms with E-state index >= 15 is 0 Å². The first-order chi connectivity index (χ1) is 14.7. The molecule has 1 amide bonds. The van der Waals surface area contributed by atoms with Crippen molar-refractivity contribution in [3.05, 3.63) is 88.7 Å². The Morgan fingerprint density at radius 1 is 1.03 bits per heavy atom. The van der Waals surface area contributed by atoms with Crippen molar-refractivity contribution >= 4 is 23.3 Å². The molecule has 1 saturated heterocycles. The van der Waals surface area contributed by atoms with Crippen molar-refractivity contribution in [3.8, 4) is 0 Å². The molecular formula is C25H24N2O4. The average Bonchev–Trinajstić information content (AvgIpc) is 3.28. The summed E-state index contributed by atoms with van der Waals surface area (Å²) in [7, 11) is 0. The summed E-state index contributed by atoms with van der Waals surface area (Å²) in [4.78, 5) is 27.4. The molecule has 1 unspecified atom stereocenters. The van der Waals surface area contributed by atoms with Crippen molar-refractivity contribution in [3.63, 3.8) is 0 Å². The Bertz CT molecular complexity index is 1170. The Kier molecular flexibility index (Phi) is 5.01. The molecule has 2 aromatic carbocycles. The molecule has 0 spiro atoms. The van der Waals surface area contributed by atoms with Crippen molar-refractivity contribution in [1.82, 2.24) is 5.16 Å². The molecule has 0 radical (unpaired) electrons. The van der Waals surface area contributed by atoms with Crippen molar-refractivity contribution in [2.45, 2.75) is 39.2 Å². The molecule has 1 fully saturated rings. The molecule has 2 heterocycles. The van der Waals surface area contributed by atoms with Gasteiger partial charge < -0.3 is 9.63 Å². The number of carbonyl (C=O) groups is 2. The minimum Gasteiger partial charge on any atom is -0.507 e. The molecule has 1 aromatic heterocycles. The number of hydrogen-bond acceptors (Lipinski definition) is 5. The van der Waals surface area contributed by atoms with Gasteiger partial charge in [-0.3, -0.25) is 14.5 Å². The van der Waals surface area contributed by atoms with Crippen LogP contribution in [0, 0.1) is 6.92 Å². The number of aromatic nitrogens is 1. The van der Waals surface area contributed by atoms with Gasteiger partial charge in [-0.15, -0.1) is 0 Å². The molecule has 31 heavy (non-hydrogen) atoms. The zero-order valence-electron chi connectivity index (χ0n) is 17.9. The predicted molar refractivity (Wildman–Crippen MR) is 118 cm³/mol. The van der Waals surface area contributed by atoms with Gasteiger partial charge in [0.25, 0.3) is 5.78 Å². The van der Waals surface area contributed by atoms with Gasteiger partial charge in [-0.1, -0.05) is 80.5 Å². The number of amides is 1. The molecule has 1 aliphatic rings. The number of ketones is 1. The number of anilines is 1. The maximum Gasteiger partial charge on any atom is 0.301 e. The summed E-state index contributed by atoms with van der Waals surface area (Å²) < 4.78 is 5.16. The van der Waals surface area contributed by atoms with Crippen molar-refractivity contribution < 1.29 is 19.2 Å². The van der Waals surface area contributed by atoms with E-state index in [1.807, 2.05) is 30.3 Å². The van der Waals surface area contributed by atoms with Crippen molar-refractivity contribution in [1.29, 1.82) is 0 Å². The largest absolute Gasteiger partial charge is 0.507 e. The lowest BCUT2D eigenvalue weighted by Gasteiger charge is -2.24. The number of aliphatic hydroxyl groups is 1. The number of aryl methyl sites for hydroxylation is 1. The Morgan fingerprint density at radius 3 is 2.23 bits per heavy atom. The molecule has 158 valence electrons. The lowest BCUT2D eigenvalue weighted by molar-refractivity contribution is -0.132. The second-order valence-corrected chi connectivity index (χ2v) is 8.70. The van der Waals surface area contributed by atoms with Crippen LogP contribution >= 0.6 is 0 Å². The number of Topliss-reactive ketones (excluding diaryl/α,β-unsaturated/α-hetero) is 1. The number of hydrogen-bond donors (Lipinski definition) is 1. The summed E-state index contributed by atoms with van der Waals surface area (Å²) in [6.07, 6.45) is 0. The maximum atomic E-state index is 13.1. The van der Waals surface area contributed by atoms with Gasteiger partial charge in [0.1, 0.15) is 11.5 Å². The van der Waals surface area contributed by atoms with Gasteiger partial charge >= 0.3 is 5.91 Å². The van der Waals surface area contributed by atoms with Crippen LogP contribution in [0.3, 0.4) is 0 Å². The van der Waals surface area contributed by atoms with Crippen LogP contribution in [0.2, 0.25) is 0 Å². The number of carbonyl (C=O) groups excluding carboxylic acids is 2. The number of aliphatic hydroxyl groups excluding tert-OH is 1. The first-order valence-electron chi connectivity index (χ1n) is 10.1. The quantitative estimate of drug-likeness (QED) is 0.373. The fourth-order valence-electron chi connectivity index (χ4n) is 3.77. The average molecular weight is 416 g/mol. The fourth-order valence-corrected chi connectivity index (χ4v) is 3.77. The van der Waals surface area contributed by atoms with Crippen LogP contribution in [0.1, 0.15) is 49.3 Å². The van der Waals surface area contributed by atoms with Crippen LogP contribution in [0.5, 0.6) is 0 Å². The highest BCUT2D eigenvalue weighted by Gasteiger charge is 2.48. The second-order valence-electron chi connectivity index (χ2n) is 8.70. The SMILES string of the molecule is Cc1cc(N2C(=O)C(=O)C(=C(O)c3ccccc3)C2c2ccc(C(C)(C)C)cc2)no1. The topological polar surface area (TPSA) is 83.6 Å². The van der Waals surface area contributed by atoms with E-state index in [0.717, 1.165) is 5.56 Å². The third kappa shape index (κ3) is 3.65. The van der Waals surface area contributed by atoms with E-state index in [0.29, 0.717) is 16.9 Å². The zero-order chi connectivity index (χ0) is 22.3. The minimum atomic E-state index is -0.821. The smallest absolute Gasteiger partial charge is 0.301 e. The van der Waals surface area contributed by atoms with E-state index in [-0.39, 0.29) is 22.6 Å². The monoisotopic (exact) mass is 416 g/mol. The summed E-state index contributed by atoms with van der Waals surface area (Å²) in [6.45, 7) is 8.05. The van der Waals surface area contributed by atoms with Crippen LogP contribution in [-0.2, 0) is 15.0 Å². The number of nitrogens with zero attached hydrogens (tertiary/aromatic N) is 2. The van der Waals surface area contributed by atoms with E-state index < -0.39 is 17.7 Å². The number of benzene rings is 2. The molecule has 1 atom stereocenters. The van der Waals surface area contributed by atoms with E-state index in [1.54, 1.807) is 37.3 Å². The summed E-state index contributed by atoms with van der Waals surface area (Å²) in [6, 6.07) is 17.2. The van der Waals surface area contributed by atoms with Gasteiger partial charge in [-0.25, -0.2) is 0 Å². The molecule has 0 saturated carbocycles. The minimum absolute atomic E-state index is 0.0281. The lowest BCUT2D eigenvalue weighted by Crippen LogP contribution is -2.29. The van der Waals surface area contributed by atoms with E-state index in [2.05, 4.69) is 25.9 Å². The van der Waals surface area contributed by atoms with E-state index in [1.165, 1.54) is 4.90 Å². The molecule has 1 N–H and O–H groups in total. The Hall–Kier alpha value is -3.67. The van der Waals surface area contributed by atoms with Crippen LogP contribution in [0.25, 0.3) is 5.76 Å². The van der Waals surface area contributed by atoms with Crippen LogP contribution in [-0.4, -0.2) is 22.0 Å². The summed E-state index contributed by atoms with van der Waals surface area (Å²) in [5.41, 5.74) is 2.26. The molecule has 6 nitrogen and oxygen atoms in total. The first kappa shape index (κ1) is 20.6. The fraction of sp³-hybridized carbons (Fsp3) is 0.240. The zero-order valence-corrected chi connectivity index (χ0v) is 17.9. The third-order valence-electron chi connectivity index (χ3n) is 5.45.